The van der Waals surface area contributed by atoms with Crippen LogP contribution in [0.1, 0.15) is 55.3 Å². The van der Waals surface area contributed by atoms with Crippen LogP contribution in [0.2, 0.25) is 0 Å². The molecule has 2 rings (SSSR count). The van der Waals surface area contributed by atoms with E-state index < -0.39 is 0 Å². The molecule has 0 atom stereocenters. The molecular formula is C20H28O4. The Morgan fingerprint density at radius 1 is 1.00 bits per heavy atom. The molecule has 0 spiro atoms. The summed E-state index contributed by atoms with van der Waals surface area (Å²) in [5.41, 5.74) is 0.624. The van der Waals surface area contributed by atoms with Gasteiger partial charge in [0.25, 0.3) is 0 Å². The van der Waals surface area contributed by atoms with E-state index in [0.29, 0.717) is 25.4 Å². The number of hydrogen-bond acceptors (Lipinski definition) is 4. The van der Waals surface area contributed by atoms with Gasteiger partial charge in [-0.25, -0.2) is 4.79 Å². The van der Waals surface area contributed by atoms with Crippen LogP contribution >= 0.6 is 0 Å². The number of carbonyl (C=O) groups is 1. The lowest BCUT2D eigenvalue weighted by molar-refractivity contribution is -0.00174. The van der Waals surface area contributed by atoms with Crippen LogP contribution in [0.3, 0.4) is 0 Å². The standard InChI is InChI=1S/C20H28O4/c21-20(18-12-8-7-9-13-18)24-15-11-6-4-2-1-3-5-10-14-19-22-16-17-23-19/h7-10,12-14,19H,1-6,11,15-17H2/b14-10+. The van der Waals surface area contributed by atoms with Gasteiger partial charge in [-0.2, -0.15) is 0 Å². The van der Waals surface area contributed by atoms with Crippen LogP contribution in [0.15, 0.2) is 42.5 Å². The number of carbonyl (C=O) groups excluding carboxylic acids is 1. The van der Waals surface area contributed by atoms with Gasteiger partial charge in [0.1, 0.15) is 0 Å². The minimum Gasteiger partial charge on any atom is -0.462 e. The molecule has 0 bridgehead atoms. The number of ether oxygens (including phenoxy) is 3. The molecule has 132 valence electrons. The fourth-order valence-corrected chi connectivity index (χ4v) is 2.59. The lowest BCUT2D eigenvalue weighted by Gasteiger charge is -2.05. The van der Waals surface area contributed by atoms with Crippen molar-refractivity contribution in [2.45, 2.75) is 51.2 Å². The lowest BCUT2D eigenvalue weighted by atomic mass is 10.1. The summed E-state index contributed by atoms with van der Waals surface area (Å²) in [5.74, 6) is -0.224. The van der Waals surface area contributed by atoms with E-state index in [9.17, 15) is 4.79 Å². The van der Waals surface area contributed by atoms with Crippen molar-refractivity contribution >= 4 is 5.97 Å². The molecule has 0 unspecified atom stereocenters. The second-order valence-electron chi connectivity index (χ2n) is 5.95. The van der Waals surface area contributed by atoms with E-state index in [0.717, 1.165) is 19.3 Å². The van der Waals surface area contributed by atoms with E-state index in [1.165, 1.54) is 25.7 Å². The average Bonchev–Trinajstić information content (AvgIpc) is 3.13. The van der Waals surface area contributed by atoms with Gasteiger partial charge < -0.3 is 14.2 Å². The monoisotopic (exact) mass is 332 g/mol. The summed E-state index contributed by atoms with van der Waals surface area (Å²) in [6, 6.07) is 9.14. The molecule has 1 aromatic carbocycles. The molecule has 1 aliphatic heterocycles. The van der Waals surface area contributed by atoms with Gasteiger partial charge in [0, 0.05) is 0 Å². The van der Waals surface area contributed by atoms with E-state index >= 15 is 0 Å². The number of allylic oxidation sites excluding steroid dienone is 1. The summed E-state index contributed by atoms with van der Waals surface area (Å²) in [4.78, 5) is 11.7. The first kappa shape index (κ1) is 18.7. The zero-order valence-corrected chi connectivity index (χ0v) is 14.3. The van der Waals surface area contributed by atoms with Crippen molar-refractivity contribution in [2.24, 2.45) is 0 Å². The highest BCUT2D eigenvalue weighted by Crippen LogP contribution is 2.10. The first-order chi connectivity index (χ1) is 11.9. The van der Waals surface area contributed by atoms with E-state index in [-0.39, 0.29) is 12.3 Å². The van der Waals surface area contributed by atoms with Gasteiger partial charge in [0.15, 0.2) is 6.29 Å². The summed E-state index contributed by atoms with van der Waals surface area (Å²) in [6.45, 7) is 1.92. The largest absolute Gasteiger partial charge is 0.462 e. The smallest absolute Gasteiger partial charge is 0.338 e. The number of rotatable bonds is 11. The lowest BCUT2D eigenvalue weighted by Crippen LogP contribution is -2.06. The summed E-state index contributed by atoms with van der Waals surface area (Å²) in [6.07, 6.45) is 12.0. The second kappa shape index (κ2) is 11.8. The molecular weight excluding hydrogens is 304 g/mol. The number of hydrogen-bond donors (Lipinski definition) is 0. The number of benzene rings is 1. The van der Waals surface area contributed by atoms with Crippen molar-refractivity contribution in [1.29, 1.82) is 0 Å². The maximum absolute atomic E-state index is 11.7. The predicted octanol–water partition coefficient (Wildman–Crippen LogP) is 4.50. The van der Waals surface area contributed by atoms with Gasteiger partial charge in [-0.15, -0.1) is 0 Å². The third-order valence-corrected chi connectivity index (χ3v) is 3.95. The quantitative estimate of drug-likeness (QED) is 0.340. The highest BCUT2D eigenvalue weighted by molar-refractivity contribution is 5.89. The Hall–Kier alpha value is -1.65. The Bertz CT molecular complexity index is 478. The van der Waals surface area contributed by atoms with E-state index in [1.54, 1.807) is 12.1 Å². The van der Waals surface area contributed by atoms with Gasteiger partial charge in [-0.05, 0) is 37.5 Å². The molecule has 0 N–H and O–H groups in total. The van der Waals surface area contributed by atoms with Crippen LogP contribution in [0.25, 0.3) is 0 Å². The fraction of sp³-hybridized carbons (Fsp3) is 0.550. The topological polar surface area (TPSA) is 44.8 Å². The molecule has 0 aliphatic carbocycles. The van der Waals surface area contributed by atoms with Crippen LogP contribution in [-0.4, -0.2) is 32.1 Å². The molecule has 1 aromatic rings. The van der Waals surface area contributed by atoms with Crippen LogP contribution in [-0.2, 0) is 14.2 Å². The van der Waals surface area contributed by atoms with E-state index in [4.69, 9.17) is 14.2 Å². The van der Waals surface area contributed by atoms with Gasteiger partial charge in [0.2, 0.25) is 0 Å². The van der Waals surface area contributed by atoms with Gasteiger partial charge in [0.05, 0.1) is 25.4 Å². The Morgan fingerprint density at radius 2 is 1.67 bits per heavy atom. The molecule has 4 nitrogen and oxygen atoms in total. The van der Waals surface area contributed by atoms with Gasteiger partial charge in [-0.3, -0.25) is 0 Å². The first-order valence-corrected chi connectivity index (χ1v) is 8.98. The number of unbranched alkanes of at least 4 members (excludes halogenated alkanes) is 6. The predicted molar refractivity (Wildman–Crippen MR) is 93.9 cm³/mol. The van der Waals surface area contributed by atoms with Crippen LogP contribution < -0.4 is 0 Å². The molecule has 1 aliphatic rings. The molecule has 24 heavy (non-hydrogen) atoms. The SMILES string of the molecule is O=C(OCCCCCCCC/C=C/C1OCCO1)c1ccccc1. The molecule has 0 saturated carbocycles. The summed E-state index contributed by atoms with van der Waals surface area (Å²) in [5, 5.41) is 0. The molecule has 1 fully saturated rings. The highest BCUT2D eigenvalue weighted by Gasteiger charge is 2.10. The normalized spacial score (nSPS) is 15.2. The zero-order valence-electron chi connectivity index (χ0n) is 14.3. The van der Waals surface area contributed by atoms with Gasteiger partial charge >= 0.3 is 5.97 Å². The molecule has 1 heterocycles. The molecule has 0 radical (unpaired) electrons. The third-order valence-electron chi connectivity index (χ3n) is 3.95. The molecule has 0 amide bonds. The highest BCUT2D eigenvalue weighted by atomic mass is 16.7. The Kier molecular flexibility index (Phi) is 9.20. The maximum atomic E-state index is 11.7. The van der Waals surface area contributed by atoms with Crippen molar-refractivity contribution in [1.82, 2.24) is 0 Å². The summed E-state index contributed by atoms with van der Waals surface area (Å²) >= 11 is 0. The average molecular weight is 332 g/mol. The maximum Gasteiger partial charge on any atom is 0.338 e. The minimum atomic E-state index is -0.224. The Labute approximate surface area is 144 Å². The third kappa shape index (κ3) is 7.75. The van der Waals surface area contributed by atoms with Crippen molar-refractivity contribution < 1.29 is 19.0 Å². The zero-order chi connectivity index (χ0) is 16.9. The van der Waals surface area contributed by atoms with Crippen molar-refractivity contribution in [3.8, 4) is 0 Å². The van der Waals surface area contributed by atoms with Crippen LogP contribution in [0.5, 0.6) is 0 Å². The first-order valence-electron chi connectivity index (χ1n) is 8.98. The minimum absolute atomic E-state index is 0.122. The Balaban J connectivity index is 1.37. The van der Waals surface area contributed by atoms with Crippen LogP contribution in [0, 0.1) is 0 Å². The van der Waals surface area contributed by atoms with Crippen molar-refractivity contribution in [3.05, 3.63) is 48.0 Å². The van der Waals surface area contributed by atoms with E-state index in [2.05, 4.69) is 6.08 Å². The fourth-order valence-electron chi connectivity index (χ4n) is 2.59. The van der Waals surface area contributed by atoms with Crippen molar-refractivity contribution in [3.63, 3.8) is 0 Å². The van der Waals surface area contributed by atoms with Crippen molar-refractivity contribution in [2.75, 3.05) is 19.8 Å². The second-order valence-corrected chi connectivity index (χ2v) is 5.95. The van der Waals surface area contributed by atoms with Crippen LogP contribution in [0.4, 0.5) is 0 Å². The Morgan fingerprint density at radius 3 is 2.42 bits per heavy atom. The molecule has 4 heteroatoms. The molecule has 1 saturated heterocycles. The summed E-state index contributed by atoms with van der Waals surface area (Å²) in [7, 11) is 0. The number of esters is 1. The summed E-state index contributed by atoms with van der Waals surface area (Å²) < 4.78 is 15.9. The van der Waals surface area contributed by atoms with E-state index in [1.807, 2.05) is 24.3 Å². The van der Waals surface area contributed by atoms with Gasteiger partial charge in [-0.1, -0.05) is 50.0 Å². The molecule has 0 aromatic heterocycles.